The quantitative estimate of drug-likeness (QED) is 0.699. The van der Waals surface area contributed by atoms with Crippen LogP contribution in [0.25, 0.3) is 0 Å². The molecular weight excluding hydrogens is 383 g/mol. The largest absolute Gasteiger partial charge is 0.454 e. The Hall–Kier alpha value is -2.53. The van der Waals surface area contributed by atoms with Crippen molar-refractivity contribution in [3.63, 3.8) is 0 Å². The predicted molar refractivity (Wildman–Crippen MR) is 89.4 cm³/mol. The maximum atomic E-state index is 13.0. The van der Waals surface area contributed by atoms with E-state index in [1.54, 1.807) is 6.92 Å². The number of esters is 1. The van der Waals surface area contributed by atoms with E-state index in [1.807, 2.05) is 5.32 Å². The van der Waals surface area contributed by atoms with Gasteiger partial charge in [-0.1, -0.05) is 0 Å². The highest BCUT2D eigenvalue weighted by Gasteiger charge is 2.40. The summed E-state index contributed by atoms with van der Waals surface area (Å²) in [5, 5.41) is 1.85. The van der Waals surface area contributed by atoms with Crippen molar-refractivity contribution in [1.82, 2.24) is 9.62 Å². The van der Waals surface area contributed by atoms with Gasteiger partial charge in [-0.25, -0.2) is 17.6 Å². The Labute approximate surface area is 155 Å². The van der Waals surface area contributed by atoms with E-state index in [1.165, 1.54) is 0 Å². The highest BCUT2D eigenvalue weighted by atomic mass is 32.2. The van der Waals surface area contributed by atoms with Crippen LogP contribution in [0.4, 0.5) is 9.18 Å². The topological polar surface area (TPSA) is 119 Å². The molecule has 11 heteroatoms. The zero-order valence-corrected chi connectivity index (χ0v) is 15.3. The van der Waals surface area contributed by atoms with Crippen LogP contribution in [0.1, 0.15) is 19.8 Å². The van der Waals surface area contributed by atoms with Gasteiger partial charge < -0.3 is 9.47 Å². The minimum Gasteiger partial charge on any atom is -0.454 e. The van der Waals surface area contributed by atoms with E-state index in [2.05, 4.69) is 4.74 Å². The summed E-state index contributed by atoms with van der Waals surface area (Å²) >= 11 is 0. The first-order valence-corrected chi connectivity index (χ1v) is 9.60. The van der Waals surface area contributed by atoms with Crippen LogP contribution < -0.4 is 5.32 Å². The summed E-state index contributed by atoms with van der Waals surface area (Å²) in [6.45, 7) is 0.963. The molecule has 0 aromatic heterocycles. The molecule has 1 saturated heterocycles. The van der Waals surface area contributed by atoms with Gasteiger partial charge in [0.15, 0.2) is 6.61 Å². The van der Waals surface area contributed by atoms with Crippen molar-refractivity contribution in [2.75, 3.05) is 19.8 Å². The molecule has 2 rings (SSSR count). The van der Waals surface area contributed by atoms with Gasteiger partial charge in [0.2, 0.25) is 10.0 Å². The number of benzene rings is 1. The Morgan fingerprint density at radius 3 is 2.52 bits per heavy atom. The summed E-state index contributed by atoms with van der Waals surface area (Å²) in [7, 11) is -4.02. The summed E-state index contributed by atoms with van der Waals surface area (Å²) in [5.41, 5.74) is 0. The minimum atomic E-state index is -4.02. The number of imide groups is 1. The number of carbonyl (C=O) groups is 3. The lowest BCUT2D eigenvalue weighted by Crippen LogP contribution is -2.42. The second-order valence-corrected chi connectivity index (χ2v) is 7.49. The Morgan fingerprint density at radius 2 is 1.89 bits per heavy atom. The Balaban J connectivity index is 2.00. The van der Waals surface area contributed by atoms with Gasteiger partial charge in [0, 0.05) is 6.54 Å². The highest BCUT2D eigenvalue weighted by molar-refractivity contribution is 7.89. The van der Waals surface area contributed by atoms with Crippen molar-refractivity contribution in [3.05, 3.63) is 30.1 Å². The van der Waals surface area contributed by atoms with E-state index < -0.39 is 46.5 Å². The fourth-order valence-electron chi connectivity index (χ4n) is 2.56. The summed E-state index contributed by atoms with van der Waals surface area (Å²) in [5.74, 6) is -2.39. The molecule has 0 saturated carbocycles. The Kier molecular flexibility index (Phi) is 6.86. The predicted octanol–water partition coefficient (Wildman–Crippen LogP) is 0.795. The van der Waals surface area contributed by atoms with Crippen molar-refractivity contribution in [2.24, 2.45) is 0 Å². The van der Waals surface area contributed by atoms with E-state index in [0.717, 1.165) is 28.6 Å². The lowest BCUT2D eigenvalue weighted by atomic mass is 10.2. The van der Waals surface area contributed by atoms with Crippen LogP contribution in [0, 0.1) is 5.82 Å². The molecule has 1 atom stereocenters. The van der Waals surface area contributed by atoms with E-state index in [0.29, 0.717) is 6.42 Å². The molecular formula is C16H19FN2O7S. The number of hydrogen-bond acceptors (Lipinski definition) is 7. The van der Waals surface area contributed by atoms with Crippen molar-refractivity contribution >= 4 is 28.0 Å². The van der Waals surface area contributed by atoms with Crippen LogP contribution in [0.2, 0.25) is 0 Å². The minimum absolute atomic E-state index is 0.0666. The molecule has 0 aliphatic carbocycles. The number of rotatable bonds is 6. The van der Waals surface area contributed by atoms with Gasteiger partial charge in [0.1, 0.15) is 11.9 Å². The third kappa shape index (κ3) is 5.23. The second-order valence-electron chi connectivity index (χ2n) is 5.60. The van der Waals surface area contributed by atoms with E-state index in [-0.39, 0.29) is 24.5 Å². The van der Waals surface area contributed by atoms with Gasteiger partial charge >= 0.3 is 12.1 Å². The van der Waals surface area contributed by atoms with Gasteiger partial charge in [-0.2, -0.15) is 4.31 Å². The zero-order chi connectivity index (χ0) is 20.0. The fraction of sp³-hybridized carbons (Fsp3) is 0.438. The Bertz CT molecular complexity index is 811. The number of nitrogens with one attached hydrogen (secondary N) is 1. The third-order valence-corrected chi connectivity index (χ3v) is 5.68. The molecule has 0 bridgehead atoms. The van der Waals surface area contributed by atoms with Crippen LogP contribution in [0.3, 0.4) is 0 Å². The molecule has 1 N–H and O–H groups in total. The van der Waals surface area contributed by atoms with E-state index in [4.69, 9.17) is 4.74 Å². The zero-order valence-electron chi connectivity index (χ0n) is 14.5. The molecule has 0 unspecified atom stereocenters. The molecule has 1 heterocycles. The number of sulfonamides is 1. The average molecular weight is 402 g/mol. The molecule has 0 radical (unpaired) electrons. The fourth-order valence-corrected chi connectivity index (χ4v) is 4.20. The standard InChI is InChI=1S/C16H19FN2O7S/c1-2-25-16(22)18-14(20)10-26-15(21)13-4-3-9-19(13)27(23,24)12-7-5-11(17)6-8-12/h5-8,13H,2-4,9-10H2,1H3,(H,18,20,22)/t13-/m0/s1. The van der Waals surface area contributed by atoms with Crippen LogP contribution in [0.15, 0.2) is 29.2 Å². The summed E-state index contributed by atoms with van der Waals surface area (Å²) in [6, 6.07) is 3.14. The van der Waals surface area contributed by atoms with Crippen LogP contribution in [0.5, 0.6) is 0 Å². The van der Waals surface area contributed by atoms with Crippen LogP contribution >= 0.6 is 0 Å². The monoisotopic (exact) mass is 402 g/mol. The normalized spacial score (nSPS) is 17.3. The molecule has 1 aromatic rings. The van der Waals surface area contributed by atoms with Gasteiger partial charge in [0.05, 0.1) is 11.5 Å². The van der Waals surface area contributed by atoms with Crippen LogP contribution in [-0.4, -0.2) is 56.5 Å². The van der Waals surface area contributed by atoms with Crippen molar-refractivity contribution < 1.29 is 36.7 Å². The molecule has 1 aliphatic rings. The van der Waals surface area contributed by atoms with Crippen LogP contribution in [-0.2, 0) is 29.1 Å². The number of alkyl carbamates (subject to hydrolysis) is 1. The number of nitrogens with zero attached hydrogens (tertiary/aromatic N) is 1. The molecule has 1 fully saturated rings. The lowest BCUT2D eigenvalue weighted by molar-refractivity contribution is -0.151. The average Bonchev–Trinajstić information content (AvgIpc) is 3.11. The molecule has 148 valence electrons. The van der Waals surface area contributed by atoms with Gasteiger partial charge in [-0.3, -0.25) is 14.9 Å². The number of hydrogen-bond donors (Lipinski definition) is 1. The third-order valence-electron chi connectivity index (χ3n) is 3.76. The maximum Gasteiger partial charge on any atom is 0.413 e. The molecule has 27 heavy (non-hydrogen) atoms. The molecule has 1 aromatic carbocycles. The molecule has 2 amide bonds. The second kappa shape index (κ2) is 8.91. The first-order valence-electron chi connectivity index (χ1n) is 8.16. The molecule has 9 nitrogen and oxygen atoms in total. The summed E-state index contributed by atoms with van der Waals surface area (Å²) in [6.07, 6.45) is -0.325. The SMILES string of the molecule is CCOC(=O)NC(=O)COC(=O)[C@@H]1CCCN1S(=O)(=O)c1ccc(F)cc1. The van der Waals surface area contributed by atoms with Crippen molar-refractivity contribution in [1.29, 1.82) is 0 Å². The first kappa shape index (κ1) is 20.8. The maximum absolute atomic E-state index is 13.0. The van der Waals surface area contributed by atoms with Gasteiger partial charge in [-0.05, 0) is 44.0 Å². The smallest absolute Gasteiger partial charge is 0.413 e. The van der Waals surface area contributed by atoms with E-state index >= 15 is 0 Å². The number of ether oxygens (including phenoxy) is 2. The highest BCUT2D eigenvalue weighted by Crippen LogP contribution is 2.27. The van der Waals surface area contributed by atoms with E-state index in [9.17, 15) is 27.2 Å². The summed E-state index contributed by atoms with van der Waals surface area (Å²) in [4.78, 5) is 34.7. The first-order chi connectivity index (χ1) is 12.8. The number of halogens is 1. The van der Waals surface area contributed by atoms with Crippen molar-refractivity contribution in [2.45, 2.75) is 30.7 Å². The number of carbonyl (C=O) groups excluding carboxylic acids is 3. The van der Waals surface area contributed by atoms with Gasteiger partial charge in [0.25, 0.3) is 5.91 Å². The number of amides is 2. The Morgan fingerprint density at radius 1 is 1.22 bits per heavy atom. The summed E-state index contributed by atoms with van der Waals surface area (Å²) < 4.78 is 48.7. The lowest BCUT2D eigenvalue weighted by Gasteiger charge is -2.22. The molecule has 0 spiro atoms. The van der Waals surface area contributed by atoms with Crippen molar-refractivity contribution in [3.8, 4) is 0 Å². The molecule has 1 aliphatic heterocycles. The van der Waals surface area contributed by atoms with Gasteiger partial charge in [-0.15, -0.1) is 0 Å².